The number of benzene rings is 4. The molecule has 3 aromatic heterocycles. The summed E-state index contributed by atoms with van der Waals surface area (Å²) in [5, 5.41) is 0.149. The van der Waals surface area contributed by atoms with Gasteiger partial charge in [0.2, 0.25) is 0 Å². The zero-order chi connectivity index (χ0) is 46.7. The molecule has 4 aromatic carbocycles. The molecular weight excluding hydrogens is 1190 g/mol. The van der Waals surface area contributed by atoms with Crippen molar-refractivity contribution in [3.63, 3.8) is 0 Å². The van der Waals surface area contributed by atoms with Gasteiger partial charge in [0.25, 0.3) is 0 Å². The number of H-pyrrole nitrogens is 1. The maximum atomic E-state index is 7.43. The highest BCUT2D eigenvalue weighted by Gasteiger charge is 2.37. The standard InChI is InChI=1S/C44H13Cl17N4/c45-13-5-1-6-14(46)21(13)25-26(22-15(47)7-2-8-16(22)48)38-28(24-19(51)11-4-12-20(24)52)43-33(57)34(58)44(65(43)61)36(60)42-32(56)31(55)41(64-42)35(59)40-30(54)29(53)39(63-40)27(37(25)62-38)23-17(49)9-3-10-18(23)50/h1-12,63H. The number of nitrogens with zero attached hydrogens (tertiary/aromatic N) is 3. The minimum Gasteiger partial charge on any atom is -0.351 e. The number of nitrogens with one attached hydrogen (secondary N) is 1. The molecule has 5 heterocycles. The number of fused-ring (bicyclic) bond motifs is 8. The van der Waals surface area contributed by atoms with Gasteiger partial charge in [0.05, 0.1) is 93.7 Å². The molecule has 0 unspecified atom stereocenters. The maximum absolute atomic E-state index is 7.43. The molecule has 0 saturated heterocycles. The summed E-state index contributed by atoms with van der Waals surface area (Å²) >= 11 is 122. The zero-order valence-electron chi connectivity index (χ0n) is 31.2. The lowest BCUT2D eigenvalue weighted by molar-refractivity contribution is 1.28. The molecular formula is C44H13Cl17N4. The Balaban J connectivity index is 1.76. The van der Waals surface area contributed by atoms with E-state index < -0.39 is 0 Å². The Bertz CT molecular complexity index is 3450. The van der Waals surface area contributed by atoms with Crippen molar-refractivity contribution in [3.8, 4) is 22.3 Å². The quantitative estimate of drug-likeness (QED) is 0.191. The van der Waals surface area contributed by atoms with E-state index in [0.29, 0.717) is 0 Å². The van der Waals surface area contributed by atoms with E-state index in [1.54, 1.807) is 72.8 Å². The van der Waals surface area contributed by atoms with Crippen molar-refractivity contribution in [1.82, 2.24) is 19.0 Å². The van der Waals surface area contributed by atoms with E-state index in [9.17, 15) is 0 Å². The lowest BCUT2D eigenvalue weighted by Crippen LogP contribution is -1.98. The summed E-state index contributed by atoms with van der Waals surface area (Å²) in [6.45, 7) is 0. The number of hydrogen-bond donors (Lipinski definition) is 1. The van der Waals surface area contributed by atoms with Gasteiger partial charge >= 0.3 is 0 Å². The third-order valence-electron chi connectivity index (χ3n) is 10.3. The minimum atomic E-state index is -0.202. The van der Waals surface area contributed by atoms with Crippen molar-refractivity contribution in [3.05, 3.63) is 177 Å². The summed E-state index contributed by atoms with van der Waals surface area (Å²) in [7, 11) is 0. The second kappa shape index (κ2) is 18.6. The summed E-state index contributed by atoms with van der Waals surface area (Å²) in [4.78, 5) is 13.4. The second-order valence-corrected chi connectivity index (χ2v) is 20.5. The predicted octanol–water partition coefficient (Wildman–Crippen LogP) is 21.6. The van der Waals surface area contributed by atoms with Crippen LogP contribution in [0.15, 0.2) is 72.8 Å². The molecule has 65 heavy (non-hydrogen) atoms. The molecule has 1 N–H and O–H groups in total. The molecule has 7 aromatic rings. The van der Waals surface area contributed by atoms with Gasteiger partial charge in [-0.25, -0.2) is 14.1 Å². The van der Waals surface area contributed by atoms with Crippen LogP contribution in [0.5, 0.6) is 0 Å². The fourth-order valence-electron chi connectivity index (χ4n) is 7.57. The highest BCUT2D eigenvalue weighted by Crippen LogP contribution is 2.57. The van der Waals surface area contributed by atoms with Crippen LogP contribution in [-0.2, 0) is 0 Å². The van der Waals surface area contributed by atoms with Gasteiger partial charge in [0.1, 0.15) is 11.4 Å². The summed E-state index contributed by atoms with van der Waals surface area (Å²) in [5.74, 6) is 0. The maximum Gasteiger partial charge on any atom is 0.105 e. The first-order valence-corrected chi connectivity index (χ1v) is 24.4. The van der Waals surface area contributed by atoms with Gasteiger partial charge in [-0.1, -0.05) is 210 Å². The number of halogens is 17. The van der Waals surface area contributed by atoms with Crippen LogP contribution in [0.25, 0.3) is 65.5 Å². The largest absolute Gasteiger partial charge is 0.351 e. The average Bonchev–Trinajstić information content (AvgIpc) is 3.93. The van der Waals surface area contributed by atoms with Gasteiger partial charge in [-0.05, 0) is 48.5 Å². The van der Waals surface area contributed by atoms with Gasteiger partial charge in [-0.3, -0.25) is 0 Å². The normalized spacial score (nSPS) is 12.9. The molecule has 21 heteroatoms. The summed E-state index contributed by atoms with van der Waals surface area (Å²) in [5.41, 5.74) is 1.49. The van der Waals surface area contributed by atoms with E-state index in [0.717, 1.165) is 4.09 Å². The van der Waals surface area contributed by atoms with Crippen LogP contribution in [-0.4, -0.2) is 19.0 Å². The van der Waals surface area contributed by atoms with Crippen molar-refractivity contribution in [2.45, 2.75) is 0 Å². The van der Waals surface area contributed by atoms with Crippen molar-refractivity contribution in [2.75, 3.05) is 0 Å². The number of rotatable bonds is 4. The molecule has 4 nitrogen and oxygen atoms in total. The van der Waals surface area contributed by atoms with E-state index >= 15 is 0 Å². The van der Waals surface area contributed by atoms with Gasteiger partial charge in [0, 0.05) is 76.4 Å². The first kappa shape index (κ1) is 48.4. The fraction of sp³-hybridized carbons (Fsp3) is 0. The van der Waals surface area contributed by atoms with Crippen molar-refractivity contribution < 1.29 is 0 Å². The molecule has 0 radical (unpaired) electrons. The molecule has 0 fully saturated rings. The highest BCUT2D eigenvalue weighted by molar-refractivity contribution is 6.67. The molecule has 328 valence electrons. The summed E-state index contributed by atoms with van der Waals surface area (Å²) in [6.07, 6.45) is 0. The lowest BCUT2D eigenvalue weighted by atomic mass is 9.87. The smallest absolute Gasteiger partial charge is 0.105 e. The third-order valence-corrected chi connectivity index (χ3v) is 16.4. The zero-order valence-corrected chi connectivity index (χ0v) is 44.0. The molecule has 0 atom stereocenters. The number of aromatic nitrogens is 4. The molecule has 0 amide bonds. The van der Waals surface area contributed by atoms with Gasteiger partial charge < -0.3 is 4.98 Å². The SMILES string of the molecule is ClC1=C(Cl)c2nc1c(Cl)c1[nH]c(c(Cl)c1Cl)c(-c1c(Cl)cccc1Cl)c1nc(c(-c3c(Cl)cccc3Cl)c3c(Cl)c(Cl)c(c2Cl)n3Cl)C(c2c(Cl)cccc2Cl)=C1c1c(Cl)cccc1Cl. The van der Waals surface area contributed by atoms with Crippen LogP contribution in [0.4, 0.5) is 0 Å². The predicted molar refractivity (Wildman–Crippen MR) is 283 cm³/mol. The molecule has 0 saturated carbocycles. The van der Waals surface area contributed by atoms with Crippen LogP contribution in [0.2, 0.25) is 70.3 Å². The van der Waals surface area contributed by atoms with E-state index in [1.807, 2.05) is 0 Å². The van der Waals surface area contributed by atoms with Crippen LogP contribution in [0.3, 0.4) is 0 Å². The monoisotopic (exact) mass is 1190 g/mol. The molecule has 9 rings (SSSR count). The lowest BCUT2D eigenvalue weighted by Gasteiger charge is -2.18. The van der Waals surface area contributed by atoms with Crippen molar-refractivity contribution in [2.24, 2.45) is 0 Å². The van der Waals surface area contributed by atoms with E-state index in [4.69, 9.17) is 202 Å². The first-order valence-electron chi connectivity index (χ1n) is 18.0. The Labute approximate surface area is 454 Å². The Morgan fingerprint density at radius 3 is 1.11 bits per heavy atom. The van der Waals surface area contributed by atoms with Crippen molar-refractivity contribution >= 4 is 241 Å². The number of aromatic amines is 1. The Morgan fingerprint density at radius 2 is 0.662 bits per heavy atom. The van der Waals surface area contributed by atoms with E-state index in [-0.39, 0.29) is 170 Å². The topological polar surface area (TPSA) is 46.5 Å². The van der Waals surface area contributed by atoms with E-state index in [2.05, 4.69) is 9.97 Å². The first-order chi connectivity index (χ1) is 30.9. The fourth-order valence-corrected chi connectivity index (χ4v) is 12.6. The van der Waals surface area contributed by atoms with Gasteiger partial charge in [-0.2, -0.15) is 0 Å². The Kier molecular flexibility index (Phi) is 13.9. The van der Waals surface area contributed by atoms with Crippen molar-refractivity contribution in [1.29, 1.82) is 0 Å². The Morgan fingerprint density at radius 1 is 0.323 bits per heavy atom. The van der Waals surface area contributed by atoms with Crippen LogP contribution >= 0.6 is 197 Å². The third kappa shape index (κ3) is 7.84. The Hall–Kier alpha value is -1.59. The summed E-state index contributed by atoms with van der Waals surface area (Å²) in [6, 6.07) is 19.6. The second-order valence-electron chi connectivity index (χ2n) is 13.9. The van der Waals surface area contributed by atoms with Gasteiger partial charge in [-0.15, -0.1) is 0 Å². The molecule has 0 aliphatic carbocycles. The molecule has 8 bridgehead atoms. The molecule has 2 aliphatic heterocycles. The number of hydrogen-bond acceptors (Lipinski definition) is 2. The van der Waals surface area contributed by atoms with E-state index in [1.165, 1.54) is 0 Å². The molecule has 2 aliphatic rings. The van der Waals surface area contributed by atoms with Crippen LogP contribution < -0.4 is 0 Å². The van der Waals surface area contributed by atoms with Crippen LogP contribution in [0, 0.1) is 0 Å². The average molecular weight is 1200 g/mol. The van der Waals surface area contributed by atoms with Gasteiger partial charge in [0.15, 0.2) is 0 Å². The molecule has 0 spiro atoms. The van der Waals surface area contributed by atoms with Crippen LogP contribution in [0.1, 0.15) is 33.9 Å². The minimum absolute atomic E-state index is 0.0296. The summed E-state index contributed by atoms with van der Waals surface area (Å²) < 4.78 is 1.09. The highest BCUT2D eigenvalue weighted by atomic mass is 35.5.